The Morgan fingerprint density at radius 1 is 1.39 bits per heavy atom. The van der Waals surface area contributed by atoms with Crippen LogP contribution in [-0.2, 0) is 6.54 Å². The van der Waals surface area contributed by atoms with Crippen LogP contribution >= 0.6 is 11.5 Å². The average molecular weight is 266 g/mol. The molecule has 0 aliphatic carbocycles. The van der Waals surface area contributed by atoms with Crippen molar-refractivity contribution in [2.24, 2.45) is 0 Å². The highest BCUT2D eigenvalue weighted by Gasteiger charge is 2.11. The summed E-state index contributed by atoms with van der Waals surface area (Å²) in [6.07, 6.45) is 1.70. The average Bonchev–Trinajstić information content (AvgIpc) is 2.77. The highest BCUT2D eigenvalue weighted by Crippen LogP contribution is 2.34. The van der Waals surface area contributed by atoms with E-state index in [1.165, 1.54) is 11.5 Å². The third-order valence-corrected chi connectivity index (χ3v) is 3.14. The van der Waals surface area contributed by atoms with Crippen LogP contribution in [0.4, 0.5) is 10.8 Å². The van der Waals surface area contributed by atoms with Crippen LogP contribution in [0, 0.1) is 0 Å². The lowest BCUT2D eigenvalue weighted by Gasteiger charge is -2.07. The molecule has 6 nitrogen and oxygen atoms in total. The molecule has 0 radical (unpaired) electrons. The van der Waals surface area contributed by atoms with E-state index in [0.717, 1.165) is 10.6 Å². The highest BCUT2D eigenvalue weighted by molar-refractivity contribution is 7.11. The normalized spacial score (nSPS) is 10.1. The number of pyridine rings is 1. The van der Waals surface area contributed by atoms with Gasteiger partial charge in [-0.1, -0.05) is 0 Å². The van der Waals surface area contributed by atoms with E-state index in [2.05, 4.69) is 14.7 Å². The summed E-state index contributed by atoms with van der Waals surface area (Å²) in [7, 11) is 3.16. The maximum Gasteiger partial charge on any atom is 0.213 e. The van der Waals surface area contributed by atoms with Crippen LogP contribution in [0.2, 0.25) is 0 Å². The molecule has 96 valence electrons. The number of anilines is 2. The molecule has 0 amide bonds. The summed E-state index contributed by atoms with van der Waals surface area (Å²) in [5.41, 5.74) is 6.72. The standard InChI is InChI=1S/C11H14N4O2S/c1-16-8-5-7(3-4-13-8)6-14-11-9(17-2)10(12)15-18-11/h3-5,14H,6H2,1-2H3,(H2,12,15). The summed E-state index contributed by atoms with van der Waals surface area (Å²) in [5, 5.41) is 4.03. The molecule has 0 fully saturated rings. The Labute approximate surface area is 109 Å². The molecule has 0 bridgehead atoms. The molecule has 3 N–H and O–H groups in total. The van der Waals surface area contributed by atoms with Gasteiger partial charge in [-0.2, -0.15) is 4.37 Å². The molecule has 18 heavy (non-hydrogen) atoms. The van der Waals surface area contributed by atoms with Gasteiger partial charge in [0.15, 0.2) is 16.6 Å². The topological polar surface area (TPSA) is 82.3 Å². The summed E-state index contributed by atoms with van der Waals surface area (Å²) in [6, 6.07) is 3.77. The van der Waals surface area contributed by atoms with Gasteiger partial charge in [-0.05, 0) is 23.2 Å². The van der Waals surface area contributed by atoms with E-state index < -0.39 is 0 Å². The van der Waals surface area contributed by atoms with Crippen molar-refractivity contribution in [3.63, 3.8) is 0 Å². The van der Waals surface area contributed by atoms with Gasteiger partial charge in [0.05, 0.1) is 14.2 Å². The number of nitrogen functional groups attached to an aromatic ring is 1. The maximum absolute atomic E-state index is 5.67. The van der Waals surface area contributed by atoms with Gasteiger partial charge >= 0.3 is 0 Å². The number of nitrogens with one attached hydrogen (secondary N) is 1. The van der Waals surface area contributed by atoms with Gasteiger partial charge in [0.2, 0.25) is 5.88 Å². The summed E-state index contributed by atoms with van der Waals surface area (Å²) in [4.78, 5) is 4.05. The zero-order valence-electron chi connectivity index (χ0n) is 10.1. The van der Waals surface area contributed by atoms with Gasteiger partial charge in [0.1, 0.15) is 0 Å². The van der Waals surface area contributed by atoms with Crippen LogP contribution in [-0.4, -0.2) is 23.6 Å². The molecule has 0 spiro atoms. The van der Waals surface area contributed by atoms with E-state index in [9.17, 15) is 0 Å². The fraction of sp³-hybridized carbons (Fsp3) is 0.273. The number of nitrogens with zero attached hydrogens (tertiary/aromatic N) is 2. The van der Waals surface area contributed by atoms with Crippen LogP contribution in [0.1, 0.15) is 5.56 Å². The highest BCUT2D eigenvalue weighted by atomic mass is 32.1. The first-order valence-corrected chi connectivity index (χ1v) is 6.04. The molecular weight excluding hydrogens is 252 g/mol. The second-order valence-electron chi connectivity index (χ2n) is 3.49. The Hall–Kier alpha value is -2.02. The smallest absolute Gasteiger partial charge is 0.213 e. The third kappa shape index (κ3) is 2.62. The molecule has 7 heteroatoms. The molecule has 0 atom stereocenters. The van der Waals surface area contributed by atoms with E-state index >= 15 is 0 Å². The monoisotopic (exact) mass is 266 g/mol. The Kier molecular flexibility index (Phi) is 3.83. The Balaban J connectivity index is 2.06. The number of ether oxygens (including phenoxy) is 2. The molecular formula is C11H14N4O2S. The zero-order valence-corrected chi connectivity index (χ0v) is 11.0. The Morgan fingerprint density at radius 3 is 2.94 bits per heavy atom. The zero-order chi connectivity index (χ0) is 13.0. The molecule has 0 aromatic carbocycles. The van der Waals surface area contributed by atoms with Crippen molar-refractivity contribution in [3.8, 4) is 11.6 Å². The van der Waals surface area contributed by atoms with E-state index in [4.69, 9.17) is 15.2 Å². The Morgan fingerprint density at radius 2 is 2.22 bits per heavy atom. The predicted octanol–water partition coefficient (Wildman–Crippen LogP) is 1.75. The lowest BCUT2D eigenvalue weighted by atomic mass is 10.2. The molecule has 0 aliphatic rings. The molecule has 2 rings (SSSR count). The first-order valence-electron chi connectivity index (χ1n) is 5.26. The molecule has 2 aromatic heterocycles. The maximum atomic E-state index is 5.67. The lowest BCUT2D eigenvalue weighted by Crippen LogP contribution is -2.00. The summed E-state index contributed by atoms with van der Waals surface area (Å²) >= 11 is 1.27. The summed E-state index contributed by atoms with van der Waals surface area (Å²) in [6.45, 7) is 0.622. The van der Waals surface area contributed by atoms with Crippen LogP contribution < -0.4 is 20.5 Å². The van der Waals surface area contributed by atoms with Crippen LogP contribution in [0.5, 0.6) is 11.6 Å². The van der Waals surface area contributed by atoms with Crippen LogP contribution in [0.15, 0.2) is 18.3 Å². The van der Waals surface area contributed by atoms with Crippen molar-refractivity contribution in [1.82, 2.24) is 9.36 Å². The lowest BCUT2D eigenvalue weighted by molar-refractivity contribution is 0.397. The molecule has 0 saturated carbocycles. The third-order valence-electron chi connectivity index (χ3n) is 2.34. The number of aromatic nitrogens is 2. The van der Waals surface area contributed by atoms with E-state index in [0.29, 0.717) is 24.0 Å². The Bertz CT molecular complexity index is 530. The van der Waals surface area contributed by atoms with Gasteiger partial charge in [-0.3, -0.25) is 0 Å². The predicted molar refractivity (Wildman–Crippen MR) is 71.2 cm³/mol. The van der Waals surface area contributed by atoms with Gasteiger partial charge in [-0.15, -0.1) is 0 Å². The van der Waals surface area contributed by atoms with Crippen molar-refractivity contribution >= 4 is 22.4 Å². The summed E-state index contributed by atoms with van der Waals surface area (Å²) in [5.74, 6) is 1.57. The van der Waals surface area contributed by atoms with Gasteiger partial charge in [0.25, 0.3) is 0 Å². The minimum absolute atomic E-state index is 0.400. The number of methoxy groups -OCH3 is 2. The van der Waals surface area contributed by atoms with Gasteiger partial charge < -0.3 is 20.5 Å². The number of hydrogen-bond donors (Lipinski definition) is 2. The fourth-order valence-corrected chi connectivity index (χ4v) is 2.14. The van der Waals surface area contributed by atoms with Crippen molar-refractivity contribution < 1.29 is 9.47 Å². The number of nitrogens with two attached hydrogens (primary N) is 1. The van der Waals surface area contributed by atoms with Gasteiger partial charge in [-0.25, -0.2) is 4.98 Å². The molecule has 2 aromatic rings. The van der Waals surface area contributed by atoms with E-state index in [-0.39, 0.29) is 0 Å². The number of hydrogen-bond acceptors (Lipinski definition) is 7. The first-order chi connectivity index (χ1) is 8.74. The van der Waals surface area contributed by atoms with Crippen LogP contribution in [0.25, 0.3) is 0 Å². The van der Waals surface area contributed by atoms with E-state index in [1.807, 2.05) is 12.1 Å². The number of rotatable bonds is 5. The second-order valence-corrected chi connectivity index (χ2v) is 4.26. The van der Waals surface area contributed by atoms with Crippen LogP contribution in [0.3, 0.4) is 0 Å². The molecule has 2 heterocycles. The van der Waals surface area contributed by atoms with Crippen molar-refractivity contribution in [1.29, 1.82) is 0 Å². The first kappa shape index (κ1) is 12.4. The van der Waals surface area contributed by atoms with Crippen molar-refractivity contribution in [2.75, 3.05) is 25.3 Å². The molecule has 0 unspecified atom stereocenters. The minimum Gasteiger partial charge on any atom is -0.490 e. The van der Waals surface area contributed by atoms with Crippen molar-refractivity contribution in [2.45, 2.75) is 6.54 Å². The van der Waals surface area contributed by atoms with Crippen molar-refractivity contribution in [3.05, 3.63) is 23.9 Å². The fourth-order valence-electron chi connectivity index (χ4n) is 1.46. The largest absolute Gasteiger partial charge is 0.490 e. The second kappa shape index (κ2) is 5.54. The van der Waals surface area contributed by atoms with E-state index in [1.54, 1.807) is 20.4 Å². The van der Waals surface area contributed by atoms with Gasteiger partial charge in [0, 0.05) is 18.8 Å². The molecule has 0 saturated heterocycles. The quantitative estimate of drug-likeness (QED) is 0.858. The minimum atomic E-state index is 0.400. The SMILES string of the molecule is COc1cc(CNc2snc(N)c2OC)ccn1. The molecule has 0 aliphatic heterocycles. The summed E-state index contributed by atoms with van der Waals surface area (Å²) < 4.78 is 14.3.